The van der Waals surface area contributed by atoms with E-state index in [2.05, 4.69) is 0 Å². The van der Waals surface area contributed by atoms with Gasteiger partial charge in [0.05, 0.1) is 23.3 Å². The summed E-state index contributed by atoms with van der Waals surface area (Å²) in [5.74, 6) is -0.500. The Balaban J connectivity index is 2.57. The lowest BCUT2D eigenvalue weighted by Gasteiger charge is -2.23. The van der Waals surface area contributed by atoms with Gasteiger partial charge < -0.3 is 10.6 Å². The van der Waals surface area contributed by atoms with E-state index in [0.717, 1.165) is 6.26 Å². The Labute approximate surface area is 114 Å². The Morgan fingerprint density at radius 2 is 1.95 bits per heavy atom. The van der Waals surface area contributed by atoms with Crippen LogP contribution in [0.25, 0.3) is 0 Å². The van der Waals surface area contributed by atoms with Crippen LogP contribution in [0.2, 0.25) is 0 Å². The molecule has 0 spiro atoms. The molecule has 7 nitrogen and oxygen atoms in total. The van der Waals surface area contributed by atoms with Gasteiger partial charge in [-0.15, -0.1) is 0 Å². The number of hydrogen-bond donors (Lipinski definition) is 1. The van der Waals surface area contributed by atoms with Gasteiger partial charge in [0.2, 0.25) is 5.91 Å². The zero-order valence-electron chi connectivity index (χ0n) is 10.9. The van der Waals surface area contributed by atoms with Gasteiger partial charge >= 0.3 is 0 Å². The molecule has 112 valence electrons. The van der Waals surface area contributed by atoms with Crippen molar-refractivity contribution in [3.63, 3.8) is 0 Å². The maximum absolute atomic E-state index is 12.0. The SMILES string of the molecule is CS(=O)(=O)CCC(N)C(=O)N1CCCS(=O)(=O)CC1. The van der Waals surface area contributed by atoms with Gasteiger partial charge in [-0.2, -0.15) is 0 Å². The van der Waals surface area contributed by atoms with Crippen LogP contribution in [0.4, 0.5) is 0 Å². The summed E-state index contributed by atoms with van der Waals surface area (Å²) in [6.07, 6.45) is 1.54. The Morgan fingerprint density at radius 3 is 2.53 bits per heavy atom. The summed E-state index contributed by atoms with van der Waals surface area (Å²) in [6.45, 7) is 0.485. The molecule has 1 unspecified atom stereocenters. The zero-order valence-corrected chi connectivity index (χ0v) is 12.5. The second-order valence-electron chi connectivity index (χ2n) is 4.86. The van der Waals surface area contributed by atoms with Crippen LogP contribution in [-0.4, -0.2) is 70.3 Å². The van der Waals surface area contributed by atoms with E-state index in [1.165, 1.54) is 4.90 Å². The molecular formula is C10H20N2O5S2. The first-order valence-electron chi connectivity index (χ1n) is 6.03. The van der Waals surface area contributed by atoms with E-state index in [1.54, 1.807) is 0 Å². The number of carbonyl (C=O) groups is 1. The lowest BCUT2D eigenvalue weighted by atomic mass is 10.2. The number of carbonyl (C=O) groups excluding carboxylic acids is 1. The van der Waals surface area contributed by atoms with Crippen LogP contribution in [0.3, 0.4) is 0 Å². The summed E-state index contributed by atoms with van der Waals surface area (Å²) in [7, 11) is -6.23. The van der Waals surface area contributed by atoms with Crippen molar-refractivity contribution < 1.29 is 21.6 Å². The highest BCUT2D eigenvalue weighted by Crippen LogP contribution is 2.07. The maximum atomic E-state index is 12.0. The molecule has 1 amide bonds. The molecule has 0 aromatic rings. The molecule has 0 aliphatic carbocycles. The Hall–Kier alpha value is -0.670. The molecule has 1 saturated heterocycles. The van der Waals surface area contributed by atoms with Crippen molar-refractivity contribution in [2.75, 3.05) is 36.6 Å². The molecule has 1 aliphatic heterocycles. The first-order chi connectivity index (χ1) is 8.61. The molecule has 0 radical (unpaired) electrons. The van der Waals surface area contributed by atoms with Gasteiger partial charge in [-0.1, -0.05) is 0 Å². The van der Waals surface area contributed by atoms with Crippen LogP contribution >= 0.6 is 0 Å². The summed E-state index contributed by atoms with van der Waals surface area (Å²) >= 11 is 0. The minimum Gasteiger partial charge on any atom is -0.340 e. The number of nitrogens with zero attached hydrogens (tertiary/aromatic N) is 1. The highest BCUT2D eigenvalue weighted by atomic mass is 32.2. The molecule has 0 bridgehead atoms. The van der Waals surface area contributed by atoms with Crippen LogP contribution in [0.15, 0.2) is 0 Å². The minimum atomic E-state index is -3.16. The molecule has 0 aromatic heterocycles. The van der Waals surface area contributed by atoms with E-state index in [4.69, 9.17) is 5.73 Å². The van der Waals surface area contributed by atoms with Gasteiger partial charge in [-0.25, -0.2) is 16.8 Å². The molecule has 1 heterocycles. The maximum Gasteiger partial charge on any atom is 0.239 e. The van der Waals surface area contributed by atoms with Crippen LogP contribution in [0.1, 0.15) is 12.8 Å². The summed E-state index contributed by atoms with van der Waals surface area (Å²) < 4.78 is 44.9. The molecule has 1 atom stereocenters. The van der Waals surface area contributed by atoms with Crippen LogP contribution in [-0.2, 0) is 24.5 Å². The van der Waals surface area contributed by atoms with E-state index in [1.807, 2.05) is 0 Å². The predicted octanol–water partition coefficient (Wildman–Crippen LogP) is -1.60. The molecule has 1 aliphatic rings. The number of hydrogen-bond acceptors (Lipinski definition) is 6. The van der Waals surface area contributed by atoms with Crippen LogP contribution in [0.5, 0.6) is 0 Å². The minimum absolute atomic E-state index is 0.0565. The molecule has 1 fully saturated rings. The monoisotopic (exact) mass is 312 g/mol. The van der Waals surface area contributed by atoms with Crippen LogP contribution in [0, 0.1) is 0 Å². The molecule has 9 heteroatoms. The normalized spacial score (nSPS) is 21.7. The Bertz CT molecular complexity index is 526. The third kappa shape index (κ3) is 5.87. The topological polar surface area (TPSA) is 115 Å². The smallest absolute Gasteiger partial charge is 0.239 e. The number of nitrogens with two attached hydrogens (primary N) is 1. The first-order valence-corrected chi connectivity index (χ1v) is 9.91. The van der Waals surface area contributed by atoms with Gasteiger partial charge in [0, 0.05) is 19.3 Å². The zero-order chi connectivity index (χ0) is 14.7. The summed E-state index contributed by atoms with van der Waals surface area (Å²) in [4.78, 5) is 13.4. The highest BCUT2D eigenvalue weighted by Gasteiger charge is 2.26. The summed E-state index contributed by atoms with van der Waals surface area (Å²) in [5, 5.41) is 0. The van der Waals surface area contributed by atoms with Gasteiger partial charge in [-0.3, -0.25) is 4.79 Å². The number of amides is 1. The largest absolute Gasteiger partial charge is 0.340 e. The molecule has 19 heavy (non-hydrogen) atoms. The van der Waals surface area contributed by atoms with E-state index < -0.39 is 25.7 Å². The highest BCUT2D eigenvalue weighted by molar-refractivity contribution is 7.91. The lowest BCUT2D eigenvalue weighted by molar-refractivity contribution is -0.132. The number of sulfone groups is 2. The van der Waals surface area contributed by atoms with E-state index >= 15 is 0 Å². The van der Waals surface area contributed by atoms with Crippen molar-refractivity contribution in [3.05, 3.63) is 0 Å². The number of rotatable bonds is 4. The van der Waals surface area contributed by atoms with Gasteiger partial charge in [-0.05, 0) is 12.8 Å². The quantitative estimate of drug-likeness (QED) is 0.668. The van der Waals surface area contributed by atoms with E-state index in [-0.39, 0.29) is 36.1 Å². The standard InChI is InChI=1S/C10H20N2O5S2/c1-18(14,15)7-3-9(11)10(13)12-4-2-6-19(16,17)8-5-12/h9H,2-8,11H2,1H3. The molecule has 0 saturated carbocycles. The van der Waals surface area contributed by atoms with Crippen molar-refractivity contribution in [1.29, 1.82) is 0 Å². The predicted molar refractivity (Wildman–Crippen MR) is 72.2 cm³/mol. The summed E-state index contributed by atoms with van der Waals surface area (Å²) in [5.41, 5.74) is 5.67. The fourth-order valence-corrected chi connectivity index (χ4v) is 3.81. The summed E-state index contributed by atoms with van der Waals surface area (Å²) in [6, 6.07) is -0.893. The third-order valence-electron chi connectivity index (χ3n) is 2.98. The van der Waals surface area contributed by atoms with Gasteiger partial charge in [0.1, 0.15) is 9.84 Å². The van der Waals surface area contributed by atoms with Crippen molar-refractivity contribution in [2.45, 2.75) is 18.9 Å². The fraction of sp³-hybridized carbons (Fsp3) is 0.900. The molecule has 0 aromatic carbocycles. The van der Waals surface area contributed by atoms with Crippen LogP contribution < -0.4 is 5.73 Å². The third-order valence-corrected chi connectivity index (χ3v) is 5.68. The lowest BCUT2D eigenvalue weighted by Crippen LogP contribution is -2.45. The molecular weight excluding hydrogens is 292 g/mol. The van der Waals surface area contributed by atoms with Gasteiger partial charge in [0.25, 0.3) is 0 Å². The average molecular weight is 312 g/mol. The van der Waals surface area contributed by atoms with Gasteiger partial charge in [0.15, 0.2) is 9.84 Å². The second-order valence-corrected chi connectivity index (χ2v) is 9.42. The van der Waals surface area contributed by atoms with Crippen molar-refractivity contribution in [3.8, 4) is 0 Å². The average Bonchev–Trinajstić information content (AvgIpc) is 2.45. The fourth-order valence-electron chi connectivity index (χ4n) is 1.86. The van der Waals surface area contributed by atoms with E-state index in [9.17, 15) is 21.6 Å². The van der Waals surface area contributed by atoms with Crippen molar-refractivity contribution >= 4 is 25.6 Å². The van der Waals surface area contributed by atoms with E-state index in [0.29, 0.717) is 13.0 Å². The van der Waals surface area contributed by atoms with Crippen molar-refractivity contribution in [1.82, 2.24) is 4.90 Å². The molecule has 2 N–H and O–H groups in total. The Morgan fingerprint density at radius 1 is 1.32 bits per heavy atom. The van der Waals surface area contributed by atoms with Crippen molar-refractivity contribution in [2.24, 2.45) is 5.73 Å². The Kier molecular flexibility index (Phi) is 5.34. The second kappa shape index (κ2) is 6.19. The molecule has 1 rings (SSSR count). The first kappa shape index (κ1) is 16.4.